The number of fused-ring (bicyclic) bond motifs is 3. The Balaban J connectivity index is 1.68. The summed E-state index contributed by atoms with van der Waals surface area (Å²) in [7, 11) is 1.27. The zero-order valence-corrected chi connectivity index (χ0v) is 12.6. The molecule has 4 atom stereocenters. The molecule has 0 aromatic rings. The van der Waals surface area contributed by atoms with Gasteiger partial charge in [-0.05, 0) is 38.0 Å². The highest BCUT2D eigenvalue weighted by Gasteiger charge is 2.62. The third-order valence-corrected chi connectivity index (χ3v) is 5.69. The largest absolute Gasteiger partial charge is 0.465 e. The van der Waals surface area contributed by atoms with Gasteiger partial charge in [-0.1, -0.05) is 6.04 Å². The molecule has 96 valence electrons. The predicted octanol–water partition coefficient (Wildman–Crippen LogP) is 0.909. The molecular formula is C13H22O3Si. The Kier molecular flexibility index (Phi) is 3.03. The van der Waals surface area contributed by atoms with E-state index in [0.717, 1.165) is 19.4 Å². The number of hydrogen-bond acceptors (Lipinski definition) is 3. The molecule has 1 heterocycles. The number of esters is 1. The summed E-state index contributed by atoms with van der Waals surface area (Å²) in [6, 6.07) is 1.31. The first-order valence-electron chi connectivity index (χ1n) is 7.05. The Morgan fingerprint density at radius 2 is 2.35 bits per heavy atom. The molecule has 4 unspecified atom stereocenters. The van der Waals surface area contributed by atoms with E-state index in [1.807, 2.05) is 0 Å². The summed E-state index contributed by atoms with van der Waals surface area (Å²) in [5, 5.41) is 0. The lowest BCUT2D eigenvalue weighted by atomic mass is 9.71. The fourth-order valence-electron chi connectivity index (χ4n) is 4.17. The smallest absolute Gasteiger partial charge is 0.312 e. The number of carbonyl (C=O) groups excluding carboxylic acids is 1. The fraction of sp³-hybridized carbons (Fsp3) is 0.923. The average Bonchev–Trinajstić information content (AvgIpc) is 2.96. The fourth-order valence-corrected chi connectivity index (χ4v) is 4.46. The molecule has 0 aromatic carbocycles. The number of carbonyl (C=O) groups is 1. The summed E-state index contributed by atoms with van der Waals surface area (Å²) in [6.45, 7) is 1.53. The van der Waals surface area contributed by atoms with Crippen LogP contribution in [0.15, 0.2) is 0 Å². The van der Waals surface area contributed by atoms with Crippen molar-refractivity contribution >= 4 is 16.2 Å². The van der Waals surface area contributed by atoms with Gasteiger partial charge < -0.3 is 9.47 Å². The van der Waals surface area contributed by atoms with Gasteiger partial charge in [-0.25, -0.2) is 0 Å². The second kappa shape index (κ2) is 4.39. The first-order valence-corrected chi connectivity index (χ1v) is 8.46. The normalized spacial score (nSPS) is 43.8. The Bertz CT molecular complexity index is 320. The van der Waals surface area contributed by atoms with E-state index in [-0.39, 0.29) is 11.4 Å². The topological polar surface area (TPSA) is 35.5 Å². The molecule has 0 N–H and O–H groups in total. The lowest BCUT2D eigenvalue weighted by Gasteiger charge is -2.35. The van der Waals surface area contributed by atoms with Crippen molar-refractivity contribution in [3.05, 3.63) is 0 Å². The summed E-state index contributed by atoms with van der Waals surface area (Å²) in [5.74, 6) is 1.24. The molecule has 4 heteroatoms. The molecule has 0 aromatic heterocycles. The Morgan fingerprint density at radius 3 is 3.00 bits per heavy atom. The van der Waals surface area contributed by atoms with Crippen LogP contribution in [0, 0.1) is 17.3 Å². The van der Waals surface area contributed by atoms with Crippen LogP contribution in [0.1, 0.15) is 32.1 Å². The van der Waals surface area contributed by atoms with Crippen LogP contribution in [-0.4, -0.2) is 35.5 Å². The maximum atomic E-state index is 12.0. The van der Waals surface area contributed by atoms with Crippen molar-refractivity contribution < 1.29 is 14.3 Å². The number of hydrogen-bond donors (Lipinski definition) is 0. The van der Waals surface area contributed by atoms with Crippen molar-refractivity contribution in [3.8, 4) is 0 Å². The van der Waals surface area contributed by atoms with Gasteiger partial charge in [-0.2, -0.15) is 0 Å². The van der Waals surface area contributed by atoms with Crippen LogP contribution in [-0.2, 0) is 14.3 Å². The number of ether oxygens (including phenoxy) is 2. The van der Waals surface area contributed by atoms with Gasteiger partial charge in [0.2, 0.25) is 0 Å². The summed E-state index contributed by atoms with van der Waals surface area (Å²) in [5.41, 5.74) is -0.144. The van der Waals surface area contributed by atoms with E-state index in [4.69, 9.17) is 9.47 Å². The predicted molar refractivity (Wildman–Crippen MR) is 67.9 cm³/mol. The molecule has 3 rings (SSSR count). The highest BCUT2D eigenvalue weighted by molar-refractivity contribution is 6.08. The van der Waals surface area contributed by atoms with Gasteiger partial charge in [-0.15, -0.1) is 0 Å². The van der Waals surface area contributed by atoms with Gasteiger partial charge in [0, 0.05) is 22.8 Å². The summed E-state index contributed by atoms with van der Waals surface area (Å²) >= 11 is 0. The molecule has 2 saturated carbocycles. The van der Waals surface area contributed by atoms with Crippen LogP contribution < -0.4 is 0 Å². The van der Waals surface area contributed by atoms with E-state index in [9.17, 15) is 4.79 Å². The Hall–Kier alpha value is -0.353. The highest BCUT2D eigenvalue weighted by Crippen LogP contribution is 2.60. The molecule has 3 aliphatic rings. The van der Waals surface area contributed by atoms with Gasteiger partial charge in [0.1, 0.15) is 0 Å². The van der Waals surface area contributed by atoms with Crippen LogP contribution in [0.5, 0.6) is 0 Å². The lowest BCUT2D eigenvalue weighted by Crippen LogP contribution is -2.40. The van der Waals surface area contributed by atoms with Crippen LogP contribution >= 0.6 is 0 Å². The first-order chi connectivity index (χ1) is 8.26. The van der Waals surface area contributed by atoms with E-state index in [1.165, 1.54) is 35.5 Å². The zero-order valence-electron chi connectivity index (χ0n) is 10.6. The Morgan fingerprint density at radius 1 is 1.47 bits per heavy atom. The van der Waals surface area contributed by atoms with E-state index < -0.39 is 0 Å². The third-order valence-electron chi connectivity index (χ3n) is 4.98. The van der Waals surface area contributed by atoms with Gasteiger partial charge in [0.05, 0.1) is 18.1 Å². The highest BCUT2D eigenvalue weighted by atomic mass is 28.1. The molecule has 17 heavy (non-hydrogen) atoms. The van der Waals surface area contributed by atoms with Gasteiger partial charge in [-0.3, -0.25) is 4.79 Å². The van der Waals surface area contributed by atoms with E-state index in [2.05, 4.69) is 0 Å². The van der Waals surface area contributed by atoms with E-state index in [0.29, 0.717) is 24.5 Å². The SMILES string of the molecule is O=C1OCCC12CC1CC(OCCC[SiH3])C2C1. The molecule has 0 amide bonds. The summed E-state index contributed by atoms with van der Waals surface area (Å²) < 4.78 is 11.3. The minimum atomic E-state index is -0.144. The molecule has 2 aliphatic carbocycles. The quantitative estimate of drug-likeness (QED) is 0.425. The van der Waals surface area contributed by atoms with Crippen molar-refractivity contribution in [3.63, 3.8) is 0 Å². The van der Waals surface area contributed by atoms with Crippen molar-refractivity contribution in [1.82, 2.24) is 0 Å². The molecular weight excluding hydrogens is 232 g/mol. The minimum Gasteiger partial charge on any atom is -0.465 e. The van der Waals surface area contributed by atoms with Crippen LogP contribution in [0.4, 0.5) is 0 Å². The molecule has 2 bridgehead atoms. The minimum absolute atomic E-state index is 0.0706. The number of rotatable bonds is 4. The van der Waals surface area contributed by atoms with Crippen LogP contribution in [0.3, 0.4) is 0 Å². The van der Waals surface area contributed by atoms with Crippen molar-refractivity contribution in [2.45, 2.75) is 44.3 Å². The number of cyclic esters (lactones) is 1. The Labute approximate surface area is 106 Å². The van der Waals surface area contributed by atoms with Gasteiger partial charge in [0.15, 0.2) is 0 Å². The maximum absolute atomic E-state index is 12.0. The second-order valence-electron chi connectivity index (χ2n) is 5.95. The van der Waals surface area contributed by atoms with Gasteiger partial charge in [0.25, 0.3) is 0 Å². The van der Waals surface area contributed by atoms with Gasteiger partial charge >= 0.3 is 5.97 Å². The van der Waals surface area contributed by atoms with E-state index in [1.54, 1.807) is 0 Å². The van der Waals surface area contributed by atoms with E-state index >= 15 is 0 Å². The van der Waals surface area contributed by atoms with Crippen molar-refractivity contribution in [1.29, 1.82) is 0 Å². The molecule has 1 aliphatic heterocycles. The monoisotopic (exact) mass is 254 g/mol. The third kappa shape index (κ3) is 1.76. The average molecular weight is 254 g/mol. The lowest BCUT2D eigenvalue weighted by molar-refractivity contribution is -0.152. The zero-order chi connectivity index (χ0) is 11.9. The summed E-state index contributed by atoms with van der Waals surface area (Å²) in [6.07, 6.45) is 5.91. The summed E-state index contributed by atoms with van der Waals surface area (Å²) in [4.78, 5) is 12.0. The van der Waals surface area contributed by atoms with Crippen LogP contribution in [0.25, 0.3) is 0 Å². The molecule has 0 radical (unpaired) electrons. The first kappa shape index (κ1) is 11.7. The van der Waals surface area contributed by atoms with Crippen LogP contribution in [0.2, 0.25) is 6.04 Å². The van der Waals surface area contributed by atoms with Crippen molar-refractivity contribution in [2.75, 3.05) is 13.2 Å². The van der Waals surface area contributed by atoms with Crippen molar-refractivity contribution in [2.24, 2.45) is 17.3 Å². The molecule has 3 nitrogen and oxygen atoms in total. The molecule has 1 saturated heterocycles. The molecule has 3 fully saturated rings. The second-order valence-corrected chi connectivity index (χ2v) is 6.95. The standard InChI is InChI=1S/C13H22O3Si/c14-12-13(2-4-16-12)8-9-6-10(13)11(7-9)15-3-1-5-17/h9-11H,1-8H2,17H3. The maximum Gasteiger partial charge on any atom is 0.312 e. The molecule has 1 spiro atoms.